The number of aliphatic carboxylic acids is 1. The predicted octanol–water partition coefficient (Wildman–Crippen LogP) is 5.07. The quantitative estimate of drug-likeness (QED) is 0.108. The first-order valence-electron chi connectivity index (χ1n) is 19.0. The second kappa shape index (κ2) is 16.8. The Labute approximate surface area is 318 Å². The lowest BCUT2D eigenvalue weighted by Gasteiger charge is -2.38. The minimum Gasteiger partial charge on any atom is -0.481 e. The average molecular weight is 731 g/mol. The number of fused-ring (bicyclic) bond motifs is 1. The van der Waals surface area contributed by atoms with Crippen molar-refractivity contribution in [3.8, 4) is 0 Å². The first-order valence-corrected chi connectivity index (χ1v) is 19.0. The number of amides is 3. The van der Waals surface area contributed by atoms with E-state index in [0.717, 1.165) is 68.1 Å². The number of quaternary nitrogens is 1. The highest BCUT2D eigenvalue weighted by atomic mass is 16.4. The number of carboxylic acids is 1. The number of likely N-dealkylation sites (N-methyl/N-ethyl adjacent to an activating group) is 1. The molecular formula is C44H52N5O5+. The third-order valence-electron chi connectivity index (χ3n) is 11.4. The molecule has 3 amide bonds. The maximum atomic E-state index is 13.6. The van der Waals surface area contributed by atoms with Crippen LogP contribution in [0.2, 0.25) is 0 Å². The van der Waals surface area contributed by atoms with Crippen molar-refractivity contribution in [1.82, 2.24) is 9.80 Å². The van der Waals surface area contributed by atoms with Crippen LogP contribution in [0.4, 0.5) is 5.69 Å². The third kappa shape index (κ3) is 8.40. The second-order valence-corrected chi connectivity index (χ2v) is 15.3. The fourth-order valence-corrected chi connectivity index (χ4v) is 8.18. The van der Waals surface area contributed by atoms with Crippen LogP contribution in [-0.4, -0.2) is 110 Å². The number of primary amides is 1. The number of aryl methyl sites for hydroxylation is 1. The number of nitrogens with two attached hydrogens (primary N) is 1. The number of carbonyl (C=O) groups excluding carboxylic acids is 3. The van der Waals surface area contributed by atoms with Gasteiger partial charge in [0.05, 0.1) is 51.4 Å². The summed E-state index contributed by atoms with van der Waals surface area (Å²) >= 11 is 0. The molecule has 282 valence electrons. The van der Waals surface area contributed by atoms with Crippen molar-refractivity contribution in [1.29, 1.82) is 0 Å². The van der Waals surface area contributed by atoms with E-state index in [4.69, 9.17) is 10.8 Å². The smallest absolute Gasteiger partial charge is 0.303 e. The molecule has 10 heteroatoms. The van der Waals surface area contributed by atoms with Crippen molar-refractivity contribution in [3.63, 3.8) is 0 Å². The van der Waals surface area contributed by atoms with Crippen molar-refractivity contribution >= 4 is 29.4 Å². The molecule has 0 spiro atoms. The number of imide groups is 1. The maximum absolute atomic E-state index is 13.6. The van der Waals surface area contributed by atoms with Crippen LogP contribution in [-0.2, 0) is 21.4 Å². The van der Waals surface area contributed by atoms with Crippen LogP contribution in [0.25, 0.3) is 0 Å². The van der Waals surface area contributed by atoms with Gasteiger partial charge in [-0.15, -0.1) is 0 Å². The van der Waals surface area contributed by atoms with Crippen molar-refractivity contribution in [2.45, 2.75) is 31.1 Å². The Kier molecular flexibility index (Phi) is 11.9. The Morgan fingerprint density at radius 1 is 0.796 bits per heavy atom. The van der Waals surface area contributed by atoms with Crippen LogP contribution in [0.3, 0.4) is 0 Å². The van der Waals surface area contributed by atoms with Gasteiger partial charge < -0.3 is 25.1 Å². The summed E-state index contributed by atoms with van der Waals surface area (Å²) in [7, 11) is 4.26. The van der Waals surface area contributed by atoms with E-state index in [9.17, 15) is 19.2 Å². The number of likely N-dealkylation sites (tertiary alicyclic amines) is 1. The molecule has 0 aromatic heterocycles. The van der Waals surface area contributed by atoms with Gasteiger partial charge in [-0.2, -0.15) is 0 Å². The Morgan fingerprint density at radius 3 is 1.93 bits per heavy atom. The largest absolute Gasteiger partial charge is 0.481 e. The van der Waals surface area contributed by atoms with Gasteiger partial charge in [0.25, 0.3) is 11.8 Å². The molecule has 2 aliphatic heterocycles. The average Bonchev–Trinajstić information content (AvgIpc) is 3.74. The normalized spacial score (nSPS) is 16.1. The van der Waals surface area contributed by atoms with E-state index in [0.29, 0.717) is 41.5 Å². The van der Waals surface area contributed by atoms with Gasteiger partial charge in [-0.25, -0.2) is 0 Å². The van der Waals surface area contributed by atoms with Gasteiger partial charge in [0.1, 0.15) is 5.41 Å². The van der Waals surface area contributed by atoms with Gasteiger partial charge in [0.2, 0.25) is 5.91 Å². The first kappa shape index (κ1) is 38.4. The molecule has 0 bridgehead atoms. The molecule has 6 rings (SSSR count). The van der Waals surface area contributed by atoms with Crippen molar-refractivity contribution in [2.75, 3.05) is 71.4 Å². The Morgan fingerprint density at radius 2 is 1.37 bits per heavy atom. The fraction of sp³-hybridized carbons (Fsp3) is 0.364. The molecule has 2 aliphatic rings. The topological polar surface area (TPSA) is 124 Å². The Balaban J connectivity index is 1.15. The van der Waals surface area contributed by atoms with Crippen LogP contribution in [0.5, 0.6) is 0 Å². The number of nitrogens with zero attached hydrogens (tertiary/aromatic N) is 4. The van der Waals surface area contributed by atoms with Crippen LogP contribution in [0, 0.1) is 5.92 Å². The van der Waals surface area contributed by atoms with E-state index >= 15 is 0 Å². The monoisotopic (exact) mass is 730 g/mol. The molecule has 3 N–H and O–H groups in total. The van der Waals surface area contributed by atoms with Crippen LogP contribution in [0.15, 0.2) is 109 Å². The predicted molar refractivity (Wildman–Crippen MR) is 210 cm³/mol. The van der Waals surface area contributed by atoms with Crippen LogP contribution in [0.1, 0.15) is 56.7 Å². The number of anilines is 1. The number of carboxylic acid groups (broad SMARTS) is 1. The standard InChI is InChI=1S/C44H51N5O5/c1-49(2,31-29-48-41(52)38-17-9-10-18-39(38)42(48)53)30-28-47(37-22-20-33(21-23-37)12-11-19-40(50)51)27-26-46-25-24-36(32-46)44(43(45)54,34-13-5-3-6-14-34)35-15-7-4-8-16-35/h3-10,13-18,20-23,36H,11-12,19,24-32H2,1-2H3,(H2-,45,50,51,54)/p+1. The van der Waals surface area contributed by atoms with Crippen LogP contribution < -0.4 is 10.6 Å². The summed E-state index contributed by atoms with van der Waals surface area (Å²) in [5.74, 6) is -1.59. The molecule has 54 heavy (non-hydrogen) atoms. The molecular weight excluding hydrogens is 679 g/mol. The fourth-order valence-electron chi connectivity index (χ4n) is 8.18. The van der Waals surface area contributed by atoms with Gasteiger partial charge in [0, 0.05) is 31.7 Å². The van der Waals surface area contributed by atoms with Crippen molar-refractivity contribution in [3.05, 3.63) is 137 Å². The van der Waals surface area contributed by atoms with E-state index in [2.05, 4.69) is 48.2 Å². The molecule has 10 nitrogen and oxygen atoms in total. The third-order valence-corrected chi connectivity index (χ3v) is 11.4. The lowest BCUT2D eigenvalue weighted by atomic mass is 9.64. The number of benzene rings is 4. The van der Waals surface area contributed by atoms with Crippen molar-refractivity contribution < 1.29 is 28.8 Å². The zero-order valence-electron chi connectivity index (χ0n) is 31.4. The van der Waals surface area contributed by atoms with E-state index in [-0.39, 0.29) is 30.1 Å². The van der Waals surface area contributed by atoms with Gasteiger partial charge in [-0.3, -0.25) is 24.1 Å². The molecule has 0 aliphatic carbocycles. The molecule has 4 aromatic carbocycles. The summed E-state index contributed by atoms with van der Waals surface area (Å²) in [6.07, 6.45) is 2.27. The Hall–Kier alpha value is -5.32. The highest BCUT2D eigenvalue weighted by molar-refractivity contribution is 6.21. The summed E-state index contributed by atoms with van der Waals surface area (Å²) in [6.45, 7) is 5.58. The molecule has 1 unspecified atom stereocenters. The molecule has 2 heterocycles. The highest BCUT2D eigenvalue weighted by Crippen LogP contribution is 2.43. The van der Waals surface area contributed by atoms with E-state index in [1.807, 2.05) is 60.7 Å². The molecule has 0 saturated carbocycles. The Bertz CT molecular complexity index is 1860. The van der Waals surface area contributed by atoms with Gasteiger partial charge in [-0.1, -0.05) is 84.9 Å². The van der Waals surface area contributed by atoms with E-state index in [1.54, 1.807) is 24.3 Å². The summed E-state index contributed by atoms with van der Waals surface area (Å²) in [6, 6.07) is 35.3. The van der Waals surface area contributed by atoms with Crippen LogP contribution >= 0.6 is 0 Å². The lowest BCUT2D eigenvalue weighted by molar-refractivity contribution is -0.888. The van der Waals surface area contributed by atoms with Gasteiger partial charge >= 0.3 is 5.97 Å². The summed E-state index contributed by atoms with van der Waals surface area (Å²) in [5, 5.41) is 9.08. The summed E-state index contributed by atoms with van der Waals surface area (Å²) < 4.78 is 0.609. The second-order valence-electron chi connectivity index (χ2n) is 15.3. The summed E-state index contributed by atoms with van der Waals surface area (Å²) in [4.78, 5) is 56.9. The maximum Gasteiger partial charge on any atom is 0.303 e. The zero-order chi connectivity index (χ0) is 38.3. The van der Waals surface area contributed by atoms with Crippen molar-refractivity contribution in [2.24, 2.45) is 11.7 Å². The molecule has 4 aromatic rings. The van der Waals surface area contributed by atoms with E-state index in [1.165, 1.54) is 4.90 Å². The van der Waals surface area contributed by atoms with Gasteiger partial charge in [0.15, 0.2) is 0 Å². The highest BCUT2D eigenvalue weighted by Gasteiger charge is 2.49. The molecule has 1 atom stereocenters. The minimum absolute atomic E-state index is 0.00363. The minimum atomic E-state index is -0.950. The number of rotatable bonds is 18. The zero-order valence-corrected chi connectivity index (χ0v) is 31.4. The van der Waals surface area contributed by atoms with E-state index < -0.39 is 11.4 Å². The molecule has 1 saturated heterocycles. The number of carbonyl (C=O) groups is 4. The molecule has 0 radical (unpaired) electrons. The summed E-state index contributed by atoms with van der Waals surface area (Å²) in [5.41, 5.74) is 10.4. The van der Waals surface area contributed by atoms with Gasteiger partial charge in [-0.05, 0) is 72.7 Å². The number of hydrogen-bond acceptors (Lipinski definition) is 6. The SMILES string of the molecule is C[N+](C)(CCN1C(=O)c2ccccc2C1=O)CCN(CCN1CCC(C(C(N)=O)(c2ccccc2)c2ccccc2)C1)c1ccc(CCCC(=O)O)cc1. The first-order chi connectivity index (χ1) is 26.0. The molecule has 1 fully saturated rings. The number of hydrogen-bond donors (Lipinski definition) is 2. The lowest BCUT2D eigenvalue weighted by Crippen LogP contribution is -2.51.